The van der Waals surface area contributed by atoms with E-state index in [0.717, 1.165) is 11.4 Å². The van der Waals surface area contributed by atoms with Crippen LogP contribution in [0.5, 0.6) is 0 Å². The molecule has 2 rings (SSSR count). The first kappa shape index (κ1) is 10.7. The van der Waals surface area contributed by atoms with E-state index in [-0.39, 0.29) is 5.56 Å². The van der Waals surface area contributed by atoms with Crippen LogP contribution in [-0.4, -0.2) is 9.78 Å². The first-order valence-corrected chi connectivity index (χ1v) is 5.47. The molecule has 0 aliphatic heterocycles. The van der Waals surface area contributed by atoms with E-state index < -0.39 is 0 Å². The van der Waals surface area contributed by atoms with Crippen LogP contribution in [0.25, 0.3) is 5.69 Å². The third kappa shape index (κ3) is 1.94. The Morgan fingerprint density at radius 3 is 2.31 bits per heavy atom. The number of aromatic nitrogens is 2. The Kier molecular flexibility index (Phi) is 2.69. The van der Waals surface area contributed by atoms with Crippen LogP contribution < -0.4 is 5.56 Å². The lowest BCUT2D eigenvalue weighted by atomic mass is 10.1. The summed E-state index contributed by atoms with van der Waals surface area (Å²) in [5.41, 5.74) is 3.02. The van der Waals surface area contributed by atoms with Gasteiger partial charge in [0.1, 0.15) is 0 Å². The number of aryl methyl sites for hydroxylation is 1. The molecule has 3 nitrogen and oxygen atoms in total. The van der Waals surface area contributed by atoms with Gasteiger partial charge in [-0.3, -0.25) is 9.89 Å². The largest absolute Gasteiger partial charge is 0.295 e. The maximum Gasteiger partial charge on any atom is 0.271 e. The third-order valence-electron chi connectivity index (χ3n) is 2.65. The molecular formula is C13H16N2O. The summed E-state index contributed by atoms with van der Waals surface area (Å²) >= 11 is 0. The van der Waals surface area contributed by atoms with Crippen molar-refractivity contribution in [3.8, 4) is 5.69 Å². The van der Waals surface area contributed by atoms with Gasteiger partial charge in [-0.05, 0) is 25.0 Å². The second kappa shape index (κ2) is 4.00. The minimum absolute atomic E-state index is 0.00690. The number of nitrogens with one attached hydrogen (secondary N) is 1. The Bertz CT molecular complexity index is 532. The fourth-order valence-electron chi connectivity index (χ4n) is 1.60. The minimum atomic E-state index is -0.00690. The summed E-state index contributed by atoms with van der Waals surface area (Å²) in [5.74, 6) is 0.333. The van der Waals surface area contributed by atoms with Gasteiger partial charge in [-0.2, -0.15) is 0 Å². The molecule has 3 heteroatoms. The minimum Gasteiger partial charge on any atom is -0.295 e. The summed E-state index contributed by atoms with van der Waals surface area (Å²) in [6.07, 6.45) is 0. The summed E-state index contributed by atoms with van der Waals surface area (Å²) in [6.45, 7) is 6.15. The second-order valence-electron chi connectivity index (χ2n) is 4.38. The van der Waals surface area contributed by atoms with Crippen molar-refractivity contribution in [3.63, 3.8) is 0 Å². The van der Waals surface area contributed by atoms with Gasteiger partial charge in [-0.15, -0.1) is 0 Å². The van der Waals surface area contributed by atoms with E-state index in [1.165, 1.54) is 5.56 Å². The van der Waals surface area contributed by atoms with Crippen molar-refractivity contribution in [2.24, 2.45) is 0 Å². The van der Waals surface area contributed by atoms with Crippen molar-refractivity contribution in [1.29, 1.82) is 0 Å². The van der Waals surface area contributed by atoms with Gasteiger partial charge in [0.2, 0.25) is 0 Å². The summed E-state index contributed by atoms with van der Waals surface area (Å²) < 4.78 is 1.58. The van der Waals surface area contributed by atoms with Crippen molar-refractivity contribution in [2.75, 3.05) is 0 Å². The molecule has 0 aliphatic carbocycles. The number of H-pyrrole nitrogens is 1. The predicted octanol–water partition coefficient (Wildman–Crippen LogP) is 2.60. The van der Waals surface area contributed by atoms with Crippen LogP contribution in [0.4, 0.5) is 0 Å². The maximum atomic E-state index is 11.8. The topological polar surface area (TPSA) is 37.8 Å². The lowest BCUT2D eigenvalue weighted by molar-refractivity contribution is 0.760. The van der Waals surface area contributed by atoms with Crippen LogP contribution >= 0.6 is 0 Å². The molecule has 0 fully saturated rings. The molecule has 0 unspecified atom stereocenters. The number of hydrogen-bond acceptors (Lipinski definition) is 1. The Balaban J connectivity index is 2.48. The number of nitrogens with zero attached hydrogens (tertiary/aromatic N) is 1. The van der Waals surface area contributed by atoms with E-state index in [0.29, 0.717) is 5.92 Å². The molecule has 0 radical (unpaired) electrons. The molecule has 16 heavy (non-hydrogen) atoms. The first-order valence-electron chi connectivity index (χ1n) is 5.47. The van der Waals surface area contributed by atoms with Crippen molar-refractivity contribution in [3.05, 3.63) is 51.9 Å². The van der Waals surface area contributed by atoms with E-state index in [4.69, 9.17) is 0 Å². The Hall–Kier alpha value is -1.77. The van der Waals surface area contributed by atoms with Gasteiger partial charge in [0.25, 0.3) is 5.56 Å². The second-order valence-corrected chi connectivity index (χ2v) is 4.38. The highest BCUT2D eigenvalue weighted by molar-refractivity contribution is 5.33. The van der Waals surface area contributed by atoms with Crippen LogP contribution in [0.3, 0.4) is 0 Å². The average molecular weight is 216 g/mol. The molecule has 1 N–H and O–H groups in total. The van der Waals surface area contributed by atoms with Crippen molar-refractivity contribution in [1.82, 2.24) is 9.78 Å². The van der Waals surface area contributed by atoms with E-state index in [1.54, 1.807) is 10.7 Å². The van der Waals surface area contributed by atoms with Crippen LogP contribution in [0.15, 0.2) is 35.1 Å². The standard InChI is InChI=1S/C13H16N2O/c1-9(2)12-8-13(16)15(14-12)11-6-4-10(3)5-7-11/h4-9,14H,1-3H3. The quantitative estimate of drug-likeness (QED) is 0.823. The molecule has 1 heterocycles. The number of benzene rings is 1. The maximum absolute atomic E-state index is 11.8. The number of aromatic amines is 1. The lowest BCUT2D eigenvalue weighted by Gasteiger charge is -2.03. The number of rotatable bonds is 2. The summed E-state index contributed by atoms with van der Waals surface area (Å²) in [5, 5.41) is 3.12. The van der Waals surface area contributed by atoms with Crippen molar-refractivity contribution < 1.29 is 0 Å². The molecule has 0 saturated heterocycles. The summed E-state index contributed by atoms with van der Waals surface area (Å²) in [6, 6.07) is 9.54. The fourth-order valence-corrected chi connectivity index (χ4v) is 1.60. The fraction of sp³-hybridized carbons (Fsp3) is 0.308. The highest BCUT2D eigenvalue weighted by Gasteiger charge is 2.07. The van der Waals surface area contributed by atoms with Crippen molar-refractivity contribution in [2.45, 2.75) is 26.7 Å². The highest BCUT2D eigenvalue weighted by atomic mass is 16.1. The molecule has 0 saturated carbocycles. The molecule has 2 aromatic rings. The van der Waals surface area contributed by atoms with Gasteiger partial charge in [0.05, 0.1) is 5.69 Å². The zero-order valence-electron chi connectivity index (χ0n) is 9.82. The van der Waals surface area contributed by atoms with Gasteiger partial charge in [-0.25, -0.2) is 4.68 Å². The monoisotopic (exact) mass is 216 g/mol. The Labute approximate surface area is 94.7 Å². The van der Waals surface area contributed by atoms with Gasteiger partial charge in [0, 0.05) is 11.8 Å². The van der Waals surface area contributed by atoms with E-state index in [9.17, 15) is 4.79 Å². The summed E-state index contributed by atoms with van der Waals surface area (Å²) in [7, 11) is 0. The SMILES string of the molecule is Cc1ccc(-n2[nH]c(C(C)C)cc2=O)cc1. The smallest absolute Gasteiger partial charge is 0.271 e. The van der Waals surface area contributed by atoms with Gasteiger partial charge in [0.15, 0.2) is 0 Å². The molecule has 0 amide bonds. The zero-order valence-corrected chi connectivity index (χ0v) is 9.82. The summed E-state index contributed by atoms with van der Waals surface area (Å²) in [4.78, 5) is 11.8. The van der Waals surface area contributed by atoms with Crippen LogP contribution in [0, 0.1) is 6.92 Å². The molecule has 0 bridgehead atoms. The third-order valence-corrected chi connectivity index (χ3v) is 2.65. The first-order chi connectivity index (χ1) is 7.58. The number of hydrogen-bond donors (Lipinski definition) is 1. The zero-order chi connectivity index (χ0) is 11.7. The van der Waals surface area contributed by atoms with Crippen LogP contribution in [-0.2, 0) is 0 Å². The molecule has 0 spiro atoms. The normalized spacial score (nSPS) is 11.0. The molecule has 0 atom stereocenters. The molecule has 1 aromatic heterocycles. The highest BCUT2D eigenvalue weighted by Crippen LogP contribution is 2.11. The molecular weight excluding hydrogens is 200 g/mol. The lowest BCUT2D eigenvalue weighted by Crippen LogP contribution is -2.13. The Morgan fingerprint density at radius 2 is 1.81 bits per heavy atom. The van der Waals surface area contributed by atoms with Crippen molar-refractivity contribution >= 4 is 0 Å². The molecule has 0 aliphatic rings. The van der Waals surface area contributed by atoms with Crippen LogP contribution in [0.2, 0.25) is 0 Å². The Morgan fingerprint density at radius 1 is 1.19 bits per heavy atom. The van der Waals surface area contributed by atoms with Crippen LogP contribution in [0.1, 0.15) is 31.0 Å². The van der Waals surface area contributed by atoms with Gasteiger partial charge in [-0.1, -0.05) is 31.5 Å². The van der Waals surface area contributed by atoms with Gasteiger partial charge < -0.3 is 0 Å². The average Bonchev–Trinajstić information content (AvgIpc) is 2.62. The predicted molar refractivity (Wildman–Crippen MR) is 65.2 cm³/mol. The van der Waals surface area contributed by atoms with E-state index in [2.05, 4.69) is 18.9 Å². The van der Waals surface area contributed by atoms with E-state index >= 15 is 0 Å². The molecule has 84 valence electrons. The molecule has 1 aromatic carbocycles. The van der Waals surface area contributed by atoms with E-state index in [1.807, 2.05) is 31.2 Å². The van der Waals surface area contributed by atoms with Gasteiger partial charge >= 0.3 is 0 Å².